The van der Waals surface area contributed by atoms with Gasteiger partial charge in [-0.25, -0.2) is 4.79 Å². The fourth-order valence-electron chi connectivity index (χ4n) is 5.94. The Morgan fingerprint density at radius 2 is 1.59 bits per heavy atom. The zero-order valence-corrected chi connectivity index (χ0v) is 22.5. The Morgan fingerprint density at radius 3 is 2.08 bits per heavy atom. The number of carbonyl (C=O) groups is 3. The van der Waals surface area contributed by atoms with Crippen molar-refractivity contribution in [3.8, 4) is 11.5 Å². The third-order valence-corrected chi connectivity index (χ3v) is 7.21. The molecule has 0 fully saturated rings. The molecule has 7 heteroatoms. The molecule has 0 saturated heterocycles. The van der Waals surface area contributed by atoms with E-state index in [-0.39, 0.29) is 22.4 Å². The van der Waals surface area contributed by atoms with Crippen LogP contribution in [0.4, 0.5) is 0 Å². The SMILES string of the molecule is C=CCc1cc(C2C3=C(CC(C)(C)CC3=O)NC3=C2C(=O)CC(C)(C)C3)cc(OCC)c1OCC(=O)O. The van der Waals surface area contributed by atoms with Gasteiger partial charge in [-0.1, -0.05) is 39.8 Å². The molecular weight excluding hydrogens is 470 g/mol. The highest BCUT2D eigenvalue weighted by Crippen LogP contribution is 2.52. The van der Waals surface area contributed by atoms with Gasteiger partial charge >= 0.3 is 5.97 Å². The van der Waals surface area contributed by atoms with Crippen LogP contribution >= 0.6 is 0 Å². The maximum Gasteiger partial charge on any atom is 0.341 e. The summed E-state index contributed by atoms with van der Waals surface area (Å²) in [5, 5.41) is 12.7. The molecule has 3 aliphatic rings. The number of carboxylic acid groups (broad SMARTS) is 1. The van der Waals surface area contributed by atoms with Crippen LogP contribution in [-0.2, 0) is 20.8 Å². The van der Waals surface area contributed by atoms with Gasteiger partial charge in [-0.3, -0.25) is 9.59 Å². The summed E-state index contributed by atoms with van der Waals surface area (Å²) in [7, 11) is 0. The second-order valence-corrected chi connectivity index (χ2v) is 11.8. The Kier molecular flexibility index (Phi) is 7.10. The summed E-state index contributed by atoms with van der Waals surface area (Å²) in [5.41, 5.74) is 4.19. The number of aliphatic carboxylic acids is 1. The van der Waals surface area contributed by atoms with Crippen molar-refractivity contribution in [1.29, 1.82) is 0 Å². The standard InChI is InChI=1S/C30H37NO6/c1-7-9-17-10-18(11-23(36-8-2)28(17)37-16-24(34)35)25-26-19(12-29(3,4)14-21(26)32)31-20-13-30(5,6)15-22(33)27(20)25/h7,10-11,25,31H,1,8-9,12-16H2,2-6H3,(H,34,35). The molecule has 37 heavy (non-hydrogen) atoms. The van der Waals surface area contributed by atoms with Gasteiger partial charge in [0.1, 0.15) is 0 Å². The molecule has 0 spiro atoms. The molecular formula is C30H37NO6. The summed E-state index contributed by atoms with van der Waals surface area (Å²) in [6, 6.07) is 3.71. The van der Waals surface area contributed by atoms with Crippen molar-refractivity contribution in [2.45, 2.75) is 72.6 Å². The zero-order valence-electron chi connectivity index (χ0n) is 22.5. The fraction of sp³-hybridized carbons (Fsp3) is 0.500. The van der Waals surface area contributed by atoms with E-state index in [0.29, 0.717) is 66.9 Å². The van der Waals surface area contributed by atoms with Gasteiger partial charge in [0.25, 0.3) is 0 Å². The van der Waals surface area contributed by atoms with Crippen LogP contribution in [0.15, 0.2) is 47.3 Å². The molecule has 1 aromatic carbocycles. The molecule has 0 radical (unpaired) electrons. The molecule has 198 valence electrons. The van der Waals surface area contributed by atoms with Crippen LogP contribution in [0.1, 0.15) is 77.3 Å². The van der Waals surface area contributed by atoms with E-state index in [0.717, 1.165) is 17.0 Å². The molecule has 4 rings (SSSR count). The summed E-state index contributed by atoms with van der Waals surface area (Å²) in [6.07, 6.45) is 4.37. The number of rotatable bonds is 8. The van der Waals surface area contributed by atoms with Crippen LogP contribution in [0.25, 0.3) is 0 Å². The van der Waals surface area contributed by atoms with Gasteiger partial charge in [0, 0.05) is 46.9 Å². The van der Waals surface area contributed by atoms with E-state index in [4.69, 9.17) is 9.47 Å². The largest absolute Gasteiger partial charge is 0.490 e. The lowest BCUT2D eigenvalue weighted by Crippen LogP contribution is -2.42. The van der Waals surface area contributed by atoms with Crippen LogP contribution in [0.2, 0.25) is 0 Å². The predicted molar refractivity (Wildman–Crippen MR) is 141 cm³/mol. The van der Waals surface area contributed by atoms with Crippen LogP contribution in [0, 0.1) is 10.8 Å². The van der Waals surface area contributed by atoms with E-state index >= 15 is 0 Å². The minimum Gasteiger partial charge on any atom is -0.490 e. The first-order valence-electron chi connectivity index (χ1n) is 12.9. The molecule has 0 aromatic heterocycles. The van der Waals surface area contributed by atoms with Gasteiger partial charge in [0.2, 0.25) is 0 Å². The first kappa shape index (κ1) is 26.7. The van der Waals surface area contributed by atoms with E-state index < -0.39 is 18.5 Å². The van der Waals surface area contributed by atoms with Crippen LogP contribution < -0.4 is 14.8 Å². The third-order valence-electron chi connectivity index (χ3n) is 7.21. The molecule has 2 aliphatic carbocycles. The summed E-state index contributed by atoms with van der Waals surface area (Å²) in [4.78, 5) is 38.5. The molecule has 0 amide bonds. The normalized spacial score (nSPS) is 20.7. The molecule has 0 saturated carbocycles. The van der Waals surface area contributed by atoms with Crippen LogP contribution in [0.3, 0.4) is 0 Å². The van der Waals surface area contributed by atoms with E-state index in [1.165, 1.54) is 0 Å². The molecule has 0 atom stereocenters. The van der Waals surface area contributed by atoms with Gasteiger partial charge in [-0.2, -0.15) is 0 Å². The Hall–Kier alpha value is -3.35. The quantitative estimate of drug-likeness (QED) is 0.463. The van der Waals surface area contributed by atoms with Crippen LogP contribution in [-0.4, -0.2) is 35.9 Å². The number of ether oxygens (including phenoxy) is 2. The Bertz CT molecular complexity index is 1180. The van der Waals surface area contributed by atoms with E-state index in [2.05, 4.69) is 39.6 Å². The summed E-state index contributed by atoms with van der Waals surface area (Å²) < 4.78 is 11.6. The summed E-state index contributed by atoms with van der Waals surface area (Å²) in [6.45, 7) is 13.9. The van der Waals surface area contributed by atoms with Crippen molar-refractivity contribution in [3.05, 3.63) is 58.5 Å². The van der Waals surface area contributed by atoms with Crippen molar-refractivity contribution >= 4 is 17.5 Å². The molecule has 1 aliphatic heterocycles. The van der Waals surface area contributed by atoms with Gasteiger partial charge in [0.05, 0.1) is 6.61 Å². The number of allylic oxidation sites excluding steroid dienone is 5. The van der Waals surface area contributed by atoms with Gasteiger partial charge < -0.3 is 19.9 Å². The fourth-order valence-corrected chi connectivity index (χ4v) is 5.94. The molecule has 2 N–H and O–H groups in total. The number of hydrogen-bond donors (Lipinski definition) is 2. The lowest BCUT2D eigenvalue weighted by molar-refractivity contribution is -0.139. The Balaban J connectivity index is 1.95. The maximum atomic E-state index is 13.6. The van der Waals surface area contributed by atoms with Gasteiger partial charge in [-0.15, -0.1) is 6.58 Å². The highest BCUT2D eigenvalue weighted by Gasteiger charge is 2.46. The molecule has 1 aromatic rings. The summed E-state index contributed by atoms with van der Waals surface area (Å²) in [5.74, 6) is -0.782. The minimum absolute atomic E-state index is 0.0439. The van der Waals surface area contributed by atoms with E-state index in [1.807, 2.05) is 13.0 Å². The number of nitrogens with one attached hydrogen (secondary N) is 1. The van der Waals surface area contributed by atoms with Crippen molar-refractivity contribution in [2.24, 2.45) is 10.8 Å². The molecule has 0 unspecified atom stereocenters. The highest BCUT2D eigenvalue weighted by molar-refractivity contribution is 6.06. The molecule has 1 heterocycles. The highest BCUT2D eigenvalue weighted by atomic mass is 16.5. The number of carbonyl (C=O) groups excluding carboxylic acids is 2. The van der Waals surface area contributed by atoms with Crippen molar-refractivity contribution in [2.75, 3.05) is 13.2 Å². The predicted octanol–water partition coefficient (Wildman–Crippen LogP) is 5.25. The van der Waals surface area contributed by atoms with Crippen LogP contribution in [0.5, 0.6) is 11.5 Å². The first-order chi connectivity index (χ1) is 17.4. The second kappa shape index (κ2) is 9.84. The number of Topliss-reactive ketones (excluding diaryl/α,β-unsaturated/α-hetero) is 2. The number of dihydropyridines is 1. The maximum absolute atomic E-state index is 13.6. The first-order valence-corrected chi connectivity index (χ1v) is 12.9. The van der Waals surface area contributed by atoms with Gasteiger partial charge in [0.15, 0.2) is 29.7 Å². The average molecular weight is 508 g/mol. The lowest BCUT2D eigenvalue weighted by atomic mass is 9.64. The van der Waals surface area contributed by atoms with Crippen molar-refractivity contribution in [1.82, 2.24) is 5.32 Å². The number of carboxylic acids is 1. The topological polar surface area (TPSA) is 102 Å². The van der Waals surface area contributed by atoms with Gasteiger partial charge in [-0.05, 0) is 48.6 Å². The smallest absolute Gasteiger partial charge is 0.341 e. The van der Waals surface area contributed by atoms with Crippen molar-refractivity contribution in [3.63, 3.8) is 0 Å². The second-order valence-electron chi connectivity index (χ2n) is 11.8. The third kappa shape index (κ3) is 5.36. The number of ketones is 2. The average Bonchev–Trinajstić information content (AvgIpc) is 2.75. The monoisotopic (exact) mass is 507 g/mol. The Morgan fingerprint density at radius 1 is 1.03 bits per heavy atom. The lowest BCUT2D eigenvalue weighted by Gasteiger charge is -2.44. The number of hydrogen-bond acceptors (Lipinski definition) is 6. The summed E-state index contributed by atoms with van der Waals surface area (Å²) >= 11 is 0. The number of benzene rings is 1. The Labute approximate surface area is 218 Å². The van der Waals surface area contributed by atoms with E-state index in [9.17, 15) is 19.5 Å². The van der Waals surface area contributed by atoms with Crippen molar-refractivity contribution < 1.29 is 29.0 Å². The van der Waals surface area contributed by atoms with E-state index in [1.54, 1.807) is 12.1 Å². The molecule has 7 nitrogen and oxygen atoms in total. The molecule has 0 bridgehead atoms. The minimum atomic E-state index is -1.09. The zero-order chi connectivity index (χ0) is 27.1.